The Morgan fingerprint density at radius 1 is 0.621 bits per heavy atom. The van der Waals surface area contributed by atoms with Crippen molar-refractivity contribution in [3.8, 4) is 22.3 Å². The Bertz CT molecular complexity index is 986. The van der Waals surface area contributed by atoms with E-state index in [0.717, 1.165) is 0 Å². The number of para-hydroxylation sites is 2. The molecule has 0 radical (unpaired) electrons. The third-order valence-electron chi connectivity index (χ3n) is 3.62. The minimum absolute atomic E-state index is 0. The quantitative estimate of drug-likeness (QED) is 0.213. The van der Waals surface area contributed by atoms with Gasteiger partial charge in [-0.2, -0.15) is 12.1 Å². The Balaban J connectivity index is 0.000000200. The molecule has 0 fully saturated rings. The van der Waals surface area contributed by atoms with Gasteiger partial charge < -0.3 is 82.9 Å². The fraction of sp³-hybridized carbons (Fsp3) is 0. The summed E-state index contributed by atoms with van der Waals surface area (Å²) in [6, 6.07) is 34.0. The van der Waals surface area contributed by atoms with Crippen LogP contribution in [0.25, 0.3) is 22.3 Å². The van der Waals surface area contributed by atoms with Crippen molar-refractivity contribution in [2.24, 2.45) is 0 Å². The van der Waals surface area contributed by atoms with Crippen molar-refractivity contribution in [1.29, 1.82) is 0 Å². The molecule has 148 valence electrons. The van der Waals surface area contributed by atoms with Crippen molar-refractivity contribution in [2.45, 2.75) is 0 Å². The Morgan fingerprint density at radius 3 is 1.24 bits per heavy atom. The SMILES string of the molecule is O=[N+]([O-])c1ccccc1-[c-]1[c-][c-][c-][c-]1.O=[N+]([O-])c1ccccc1-[c-]1[c-][c-][c-][c-]1.[Fe]. The molecule has 0 saturated heterocycles. The van der Waals surface area contributed by atoms with Crippen molar-refractivity contribution in [3.05, 3.63) is 117 Å². The molecule has 0 aliphatic rings. The first kappa shape index (κ1) is 21.8. The Labute approximate surface area is 177 Å². The van der Waals surface area contributed by atoms with Crippen LogP contribution in [0.15, 0.2) is 48.5 Å². The molecule has 0 aromatic heterocycles. The first-order valence-corrected chi connectivity index (χ1v) is 7.83. The van der Waals surface area contributed by atoms with Gasteiger partial charge in [-0.25, -0.2) is 0 Å². The van der Waals surface area contributed by atoms with Crippen molar-refractivity contribution in [3.63, 3.8) is 0 Å². The van der Waals surface area contributed by atoms with E-state index < -0.39 is 9.85 Å². The first-order valence-electron chi connectivity index (χ1n) is 7.83. The fourth-order valence-corrected chi connectivity index (χ4v) is 2.40. The Kier molecular flexibility index (Phi) is 7.60. The van der Waals surface area contributed by atoms with Crippen LogP contribution in [0.1, 0.15) is 0 Å². The fourth-order valence-electron chi connectivity index (χ4n) is 2.40. The standard InChI is InChI=1S/2C11H4NO2.Fe/c2*13-12(14)11-8-4-3-7-10(11)9-5-1-2-6-9;/h2*3-4,7-8H;/q2*-5;. The van der Waals surface area contributed by atoms with Gasteiger partial charge in [0, 0.05) is 17.1 Å². The molecule has 29 heavy (non-hydrogen) atoms. The van der Waals surface area contributed by atoms with E-state index in [1.807, 2.05) is 0 Å². The topological polar surface area (TPSA) is 86.3 Å². The molecule has 0 aliphatic heterocycles. The summed E-state index contributed by atoms with van der Waals surface area (Å²) < 4.78 is 0. The second-order valence-corrected chi connectivity index (χ2v) is 5.30. The van der Waals surface area contributed by atoms with Crippen molar-refractivity contribution >= 4 is 11.4 Å². The smallest absolute Gasteiger partial charge is 0 e. The van der Waals surface area contributed by atoms with Gasteiger partial charge >= 0.3 is 0 Å². The van der Waals surface area contributed by atoms with Gasteiger partial charge in [0.05, 0.1) is 0 Å². The number of hydrogen-bond donors (Lipinski definition) is 0. The summed E-state index contributed by atoms with van der Waals surface area (Å²) in [5.74, 6) is 0. The minimum Gasteiger partial charge on any atom is -0.715 e. The molecule has 0 aliphatic carbocycles. The van der Waals surface area contributed by atoms with E-state index in [1.54, 1.807) is 36.4 Å². The molecule has 4 rings (SSSR count). The molecule has 0 N–H and O–H groups in total. The number of nitro groups is 2. The molecule has 0 unspecified atom stereocenters. The Morgan fingerprint density at radius 2 is 0.931 bits per heavy atom. The van der Waals surface area contributed by atoms with Gasteiger partial charge in [0.1, 0.15) is 0 Å². The van der Waals surface area contributed by atoms with Crippen LogP contribution in [-0.4, -0.2) is 9.85 Å². The van der Waals surface area contributed by atoms with Crippen LogP contribution in [0.5, 0.6) is 0 Å². The zero-order valence-corrected chi connectivity index (χ0v) is 15.6. The van der Waals surface area contributed by atoms with Crippen LogP contribution in [0.3, 0.4) is 0 Å². The maximum Gasteiger partial charge on any atom is 0 e. The number of nitrogens with zero attached hydrogens (tertiary/aromatic N) is 2. The van der Waals surface area contributed by atoms with Gasteiger partial charge in [-0.3, -0.25) is 20.2 Å². The minimum atomic E-state index is -0.427. The number of nitro benzene ring substituents is 2. The zero-order valence-electron chi connectivity index (χ0n) is 14.5. The largest absolute Gasteiger partial charge is 0.715 e. The molecule has 0 atom stereocenters. The van der Waals surface area contributed by atoms with E-state index in [-0.39, 0.29) is 28.4 Å². The van der Waals surface area contributed by atoms with Crippen LogP contribution in [0.4, 0.5) is 11.4 Å². The summed E-state index contributed by atoms with van der Waals surface area (Å²) in [4.78, 5) is 20.5. The third-order valence-corrected chi connectivity index (χ3v) is 3.62. The first-order chi connectivity index (χ1) is 13.6. The normalized spacial score (nSPS) is 9.66. The summed E-state index contributed by atoms with van der Waals surface area (Å²) >= 11 is 0. The average molecular weight is 420 g/mol. The van der Waals surface area contributed by atoms with Gasteiger partial charge in [-0.15, -0.1) is 24.3 Å². The molecule has 6 nitrogen and oxygen atoms in total. The van der Waals surface area contributed by atoms with E-state index in [4.69, 9.17) is 0 Å². The molecular weight excluding hydrogens is 412 g/mol. The monoisotopic (exact) mass is 420 g/mol. The molecule has 7 heteroatoms. The van der Waals surface area contributed by atoms with Crippen LogP contribution in [0, 0.1) is 68.8 Å². The average Bonchev–Trinajstić information content (AvgIpc) is 3.42. The summed E-state index contributed by atoms with van der Waals surface area (Å²) in [6.07, 6.45) is 0. The van der Waals surface area contributed by atoms with E-state index >= 15 is 0 Å². The molecule has 0 bridgehead atoms. The molecule has 4 aromatic carbocycles. The molecule has 0 heterocycles. The van der Waals surface area contributed by atoms with Gasteiger partial charge in [0.15, 0.2) is 0 Å². The Hall–Kier alpha value is -3.54. The van der Waals surface area contributed by atoms with Gasteiger partial charge in [-0.1, -0.05) is 9.85 Å². The van der Waals surface area contributed by atoms with Crippen LogP contribution < -0.4 is 0 Å². The van der Waals surface area contributed by atoms with Crippen molar-refractivity contribution in [2.75, 3.05) is 0 Å². The summed E-state index contributed by atoms with van der Waals surface area (Å²) in [5.41, 5.74) is 2.14. The predicted molar refractivity (Wildman–Crippen MR) is 98.9 cm³/mol. The number of benzene rings is 2. The van der Waals surface area contributed by atoms with Gasteiger partial charge in [0.25, 0.3) is 0 Å². The second-order valence-electron chi connectivity index (χ2n) is 5.30. The van der Waals surface area contributed by atoms with Crippen LogP contribution in [-0.2, 0) is 17.1 Å². The number of rotatable bonds is 4. The van der Waals surface area contributed by atoms with Crippen LogP contribution >= 0.6 is 0 Å². The van der Waals surface area contributed by atoms with Crippen LogP contribution in [0.2, 0.25) is 0 Å². The molecule has 0 spiro atoms. The maximum absolute atomic E-state index is 10.7. The van der Waals surface area contributed by atoms with Crippen molar-refractivity contribution < 1.29 is 26.9 Å². The van der Waals surface area contributed by atoms with E-state index in [1.165, 1.54) is 12.1 Å². The third kappa shape index (κ3) is 5.25. The van der Waals surface area contributed by atoms with E-state index in [2.05, 4.69) is 48.5 Å². The van der Waals surface area contributed by atoms with E-state index in [0.29, 0.717) is 22.3 Å². The summed E-state index contributed by atoms with van der Waals surface area (Å²) in [5, 5.41) is 21.3. The van der Waals surface area contributed by atoms with Gasteiger partial charge in [-0.05, 0) is 11.4 Å². The predicted octanol–water partition coefficient (Wildman–Crippen LogP) is 4.36. The zero-order chi connectivity index (χ0) is 19.9. The van der Waals surface area contributed by atoms with Crippen molar-refractivity contribution in [1.82, 2.24) is 0 Å². The molecule has 0 amide bonds. The van der Waals surface area contributed by atoms with E-state index in [9.17, 15) is 20.2 Å². The summed E-state index contributed by atoms with van der Waals surface area (Å²) in [6.45, 7) is 0. The second kappa shape index (κ2) is 10.1. The molecular formula is C22H8FeN2O4-10. The maximum atomic E-state index is 10.7. The molecule has 4 aromatic rings. The van der Waals surface area contributed by atoms with Gasteiger partial charge in [0.2, 0.25) is 0 Å². The summed E-state index contributed by atoms with van der Waals surface area (Å²) in [7, 11) is 0. The number of hydrogen-bond acceptors (Lipinski definition) is 4. The molecule has 0 saturated carbocycles.